The molecule has 1 N–H and O–H groups in total. The van der Waals surface area contributed by atoms with E-state index in [0.717, 1.165) is 0 Å². The van der Waals surface area contributed by atoms with Crippen molar-refractivity contribution in [2.24, 2.45) is 0 Å². The molecular weight excluding hydrogens is 136 g/mol. The first-order valence-corrected chi connectivity index (χ1v) is 4.21. The quantitative estimate of drug-likeness (QED) is 0.627. The molecule has 11 heavy (non-hydrogen) atoms. The smallest absolute Gasteiger partial charge is 0.169 e. The fourth-order valence-corrected chi connectivity index (χ4v) is 1.01. The van der Waals surface area contributed by atoms with Crippen LogP contribution in [0.1, 0.15) is 45.3 Å². The molecule has 0 fully saturated rings. The molecule has 0 aliphatic carbocycles. The number of aromatic nitrogens is 2. The number of nitrogens with zero attached hydrogens (tertiary/aromatic N) is 1. The highest BCUT2D eigenvalue weighted by Crippen LogP contribution is 2.08. The van der Waals surface area contributed by atoms with E-state index in [-0.39, 0.29) is 0 Å². The molecule has 0 radical (unpaired) electrons. The summed E-state index contributed by atoms with van der Waals surface area (Å²) in [6.07, 6.45) is 2.10. The third-order valence-electron chi connectivity index (χ3n) is 1.85. The Morgan fingerprint density at radius 3 is 2.18 bits per heavy atom. The zero-order valence-corrected chi connectivity index (χ0v) is 7.76. The molecule has 1 heterocycles. The van der Waals surface area contributed by atoms with Gasteiger partial charge < -0.3 is 0 Å². The van der Waals surface area contributed by atoms with Crippen LogP contribution in [0, 0.1) is 0 Å². The van der Waals surface area contributed by atoms with Crippen LogP contribution < -0.4 is 4.68 Å². The van der Waals surface area contributed by atoms with Crippen molar-refractivity contribution in [1.82, 2.24) is 5.10 Å². The lowest BCUT2D eigenvalue weighted by molar-refractivity contribution is -0.768. The van der Waals surface area contributed by atoms with Crippen LogP contribution in [0.3, 0.4) is 0 Å². The second-order valence-electron chi connectivity index (χ2n) is 3.54. The maximum Gasteiger partial charge on any atom is 0.195 e. The van der Waals surface area contributed by atoms with Crippen LogP contribution in [0.4, 0.5) is 0 Å². The number of H-pyrrole nitrogens is 1. The predicted octanol–water partition coefficient (Wildman–Crippen LogP) is 2.01. The second-order valence-corrected chi connectivity index (χ2v) is 3.54. The predicted molar refractivity (Wildman–Crippen MR) is 45.5 cm³/mol. The van der Waals surface area contributed by atoms with Gasteiger partial charge in [-0.15, -0.1) is 4.68 Å². The number of nitrogens with one attached hydrogen (secondary N) is 1. The van der Waals surface area contributed by atoms with Crippen LogP contribution in [0.5, 0.6) is 0 Å². The molecule has 2 nitrogen and oxygen atoms in total. The van der Waals surface area contributed by atoms with Crippen molar-refractivity contribution in [3.05, 3.63) is 18.0 Å². The Hall–Kier alpha value is -0.790. The van der Waals surface area contributed by atoms with Gasteiger partial charge >= 0.3 is 0 Å². The molecule has 2 heteroatoms. The standard InChI is InChI=1S/C9H16N2/c1-7(2)9-5-6-11(10-9)8(3)4/h5-8H,1-4H3/p+1. The van der Waals surface area contributed by atoms with Gasteiger partial charge in [0.1, 0.15) is 0 Å². The van der Waals surface area contributed by atoms with Crippen LogP contribution in [-0.2, 0) is 0 Å². The number of hydrogen-bond donors (Lipinski definition) is 1. The molecule has 0 saturated heterocycles. The molecule has 0 aromatic carbocycles. The van der Waals surface area contributed by atoms with Crippen LogP contribution in [0.25, 0.3) is 0 Å². The third kappa shape index (κ3) is 1.82. The first kappa shape index (κ1) is 8.31. The lowest BCUT2D eigenvalue weighted by atomic mass is 10.1. The maximum atomic E-state index is 3.33. The summed E-state index contributed by atoms with van der Waals surface area (Å²) >= 11 is 0. The summed E-state index contributed by atoms with van der Waals surface area (Å²) in [6, 6.07) is 2.67. The normalized spacial score (nSPS) is 11.5. The lowest BCUT2D eigenvalue weighted by Gasteiger charge is -1.97. The van der Waals surface area contributed by atoms with E-state index in [1.165, 1.54) is 5.69 Å². The summed E-state index contributed by atoms with van der Waals surface area (Å²) in [5, 5.41) is 3.33. The van der Waals surface area contributed by atoms with Crippen LogP contribution >= 0.6 is 0 Å². The van der Waals surface area contributed by atoms with Crippen molar-refractivity contribution in [1.29, 1.82) is 0 Å². The van der Waals surface area contributed by atoms with Gasteiger partial charge in [0.15, 0.2) is 12.2 Å². The molecule has 0 bridgehead atoms. The summed E-state index contributed by atoms with van der Waals surface area (Å²) in [4.78, 5) is 0. The van der Waals surface area contributed by atoms with Gasteiger partial charge in [-0.05, 0) is 19.8 Å². The summed E-state index contributed by atoms with van der Waals surface area (Å²) in [6.45, 7) is 8.72. The highest BCUT2D eigenvalue weighted by Gasteiger charge is 2.10. The molecule has 62 valence electrons. The van der Waals surface area contributed by atoms with E-state index >= 15 is 0 Å². The zero-order valence-electron chi connectivity index (χ0n) is 7.76. The molecule has 0 spiro atoms. The van der Waals surface area contributed by atoms with Crippen LogP contribution in [0.15, 0.2) is 12.3 Å². The van der Waals surface area contributed by atoms with Gasteiger partial charge in [-0.25, -0.2) is 0 Å². The minimum absolute atomic E-state index is 0.530. The molecule has 0 atom stereocenters. The van der Waals surface area contributed by atoms with Gasteiger partial charge in [0, 0.05) is 6.07 Å². The van der Waals surface area contributed by atoms with Gasteiger partial charge in [0.25, 0.3) is 0 Å². The Morgan fingerprint density at radius 1 is 1.27 bits per heavy atom. The average molecular weight is 153 g/mol. The Morgan fingerprint density at radius 2 is 1.91 bits per heavy atom. The van der Waals surface area contributed by atoms with E-state index < -0.39 is 0 Å². The zero-order chi connectivity index (χ0) is 8.43. The molecular formula is C9H17N2+. The molecule has 1 rings (SSSR count). The third-order valence-corrected chi connectivity index (χ3v) is 1.85. The summed E-state index contributed by atoms with van der Waals surface area (Å²) in [5.74, 6) is 0.593. The van der Waals surface area contributed by atoms with E-state index in [1.54, 1.807) is 0 Å². The van der Waals surface area contributed by atoms with Crippen molar-refractivity contribution in [3.63, 3.8) is 0 Å². The van der Waals surface area contributed by atoms with Gasteiger partial charge in [-0.3, -0.25) is 0 Å². The molecule has 0 aliphatic heterocycles. The average Bonchev–Trinajstić information content (AvgIpc) is 2.33. The van der Waals surface area contributed by atoms with Crippen molar-refractivity contribution in [2.75, 3.05) is 0 Å². The largest absolute Gasteiger partial charge is 0.195 e. The van der Waals surface area contributed by atoms with Crippen LogP contribution in [-0.4, -0.2) is 5.10 Å². The van der Waals surface area contributed by atoms with Gasteiger partial charge in [0.2, 0.25) is 0 Å². The minimum Gasteiger partial charge on any atom is -0.169 e. The molecule has 0 aliphatic rings. The topological polar surface area (TPSA) is 19.7 Å². The number of rotatable bonds is 2. The molecule has 0 saturated carbocycles. The van der Waals surface area contributed by atoms with Gasteiger partial charge in [0.05, 0.1) is 5.69 Å². The monoisotopic (exact) mass is 153 g/mol. The number of hydrogen-bond acceptors (Lipinski definition) is 0. The molecule has 0 unspecified atom stereocenters. The fourth-order valence-electron chi connectivity index (χ4n) is 1.01. The van der Waals surface area contributed by atoms with Gasteiger partial charge in [-0.1, -0.05) is 13.8 Å². The Kier molecular flexibility index (Phi) is 2.32. The Bertz CT molecular complexity index is 201. The fraction of sp³-hybridized carbons (Fsp3) is 0.667. The first-order chi connectivity index (χ1) is 5.11. The van der Waals surface area contributed by atoms with E-state index in [1.807, 2.05) is 0 Å². The molecule has 1 aromatic heterocycles. The van der Waals surface area contributed by atoms with E-state index in [4.69, 9.17) is 0 Å². The summed E-state index contributed by atoms with van der Waals surface area (Å²) in [7, 11) is 0. The van der Waals surface area contributed by atoms with Gasteiger partial charge in [-0.2, -0.15) is 5.10 Å². The Labute approximate surface area is 68.2 Å². The second kappa shape index (κ2) is 3.07. The summed E-state index contributed by atoms with van der Waals surface area (Å²) < 4.78 is 2.12. The number of aromatic amines is 1. The molecule has 1 aromatic rings. The van der Waals surface area contributed by atoms with E-state index in [2.05, 4.69) is 49.7 Å². The van der Waals surface area contributed by atoms with Crippen molar-refractivity contribution in [3.8, 4) is 0 Å². The lowest BCUT2D eigenvalue weighted by Crippen LogP contribution is -2.37. The molecule has 0 amide bonds. The highest BCUT2D eigenvalue weighted by molar-refractivity contribution is 4.99. The van der Waals surface area contributed by atoms with E-state index in [9.17, 15) is 0 Å². The van der Waals surface area contributed by atoms with Crippen molar-refractivity contribution in [2.45, 2.75) is 39.7 Å². The first-order valence-electron chi connectivity index (χ1n) is 4.21. The maximum absolute atomic E-state index is 3.33. The van der Waals surface area contributed by atoms with Crippen molar-refractivity contribution >= 4 is 0 Å². The van der Waals surface area contributed by atoms with Crippen molar-refractivity contribution < 1.29 is 4.68 Å². The SMILES string of the molecule is CC(C)c1cc[n+](C(C)C)[nH]1. The Balaban J connectivity index is 2.82. The van der Waals surface area contributed by atoms with E-state index in [0.29, 0.717) is 12.0 Å². The minimum atomic E-state index is 0.530. The highest BCUT2D eigenvalue weighted by atomic mass is 15.3. The summed E-state index contributed by atoms with van der Waals surface area (Å²) in [5.41, 5.74) is 1.30. The van der Waals surface area contributed by atoms with Crippen LogP contribution in [0.2, 0.25) is 0 Å².